The minimum Gasteiger partial charge on any atom is -0.368 e. The molecule has 4 N–H and O–H groups in total. The van der Waals surface area contributed by atoms with Gasteiger partial charge >= 0.3 is 0 Å². The van der Waals surface area contributed by atoms with Gasteiger partial charge in [-0.25, -0.2) is 9.97 Å². The molecule has 0 aliphatic heterocycles. The van der Waals surface area contributed by atoms with Gasteiger partial charge in [0.25, 0.3) is 0 Å². The Morgan fingerprint density at radius 2 is 1.60 bits per heavy atom. The second-order valence-electron chi connectivity index (χ2n) is 5.79. The quantitative estimate of drug-likeness (QED) is 0.602. The molecular weight excluding hydrogens is 310 g/mol. The predicted octanol–water partition coefficient (Wildman–Crippen LogP) is 3.40. The molecule has 0 unspecified atom stereocenters. The average Bonchev–Trinajstić information content (AvgIpc) is 2.67. The van der Waals surface area contributed by atoms with Crippen LogP contribution < -0.4 is 11.5 Å². The first-order valence-electron chi connectivity index (χ1n) is 8.02. The van der Waals surface area contributed by atoms with E-state index in [2.05, 4.69) is 28.2 Å². The van der Waals surface area contributed by atoms with E-state index < -0.39 is 0 Å². The van der Waals surface area contributed by atoms with Gasteiger partial charge in [0, 0.05) is 29.3 Å². The Bertz CT molecular complexity index is 1030. The first-order valence-corrected chi connectivity index (χ1v) is 8.02. The summed E-state index contributed by atoms with van der Waals surface area (Å²) in [4.78, 5) is 13.1. The summed E-state index contributed by atoms with van der Waals surface area (Å²) in [5.41, 5.74) is 17.1. The zero-order valence-electron chi connectivity index (χ0n) is 13.6. The lowest BCUT2D eigenvalue weighted by Gasteiger charge is -2.11. The molecule has 0 bridgehead atoms. The van der Waals surface area contributed by atoms with Crippen molar-refractivity contribution in [1.82, 2.24) is 15.0 Å². The standard InChI is InChI=1S/C20H17N5/c21-11-13-6-8-15(9-7-13)18-17(14-4-2-1-3-5-14)10-16-12-23-20(22)25-19(16)24-18/h1-10,12H,11,21H2,(H2,22,23,24,25). The maximum Gasteiger partial charge on any atom is 0.222 e. The van der Waals surface area contributed by atoms with E-state index in [1.165, 1.54) is 0 Å². The van der Waals surface area contributed by atoms with Crippen LogP contribution in [-0.2, 0) is 6.54 Å². The second-order valence-corrected chi connectivity index (χ2v) is 5.79. The van der Waals surface area contributed by atoms with Gasteiger partial charge in [-0.1, -0.05) is 54.6 Å². The van der Waals surface area contributed by atoms with Crippen molar-refractivity contribution >= 4 is 17.0 Å². The fraction of sp³-hybridized carbons (Fsp3) is 0.0500. The van der Waals surface area contributed by atoms with E-state index in [0.717, 1.165) is 33.3 Å². The van der Waals surface area contributed by atoms with Gasteiger partial charge < -0.3 is 11.5 Å². The van der Waals surface area contributed by atoms with E-state index in [9.17, 15) is 0 Å². The van der Waals surface area contributed by atoms with E-state index in [0.29, 0.717) is 12.2 Å². The Kier molecular flexibility index (Phi) is 3.84. The number of fused-ring (bicyclic) bond motifs is 1. The fourth-order valence-corrected chi connectivity index (χ4v) is 2.83. The number of anilines is 1. The van der Waals surface area contributed by atoms with Crippen LogP contribution in [0.15, 0.2) is 66.9 Å². The molecule has 2 aromatic heterocycles. The summed E-state index contributed by atoms with van der Waals surface area (Å²) in [6.45, 7) is 0.515. The van der Waals surface area contributed by atoms with E-state index in [4.69, 9.17) is 16.5 Å². The van der Waals surface area contributed by atoms with Crippen molar-refractivity contribution < 1.29 is 0 Å². The summed E-state index contributed by atoms with van der Waals surface area (Å²) in [7, 11) is 0. The number of aromatic nitrogens is 3. The first kappa shape index (κ1) is 15.2. The van der Waals surface area contributed by atoms with Crippen LogP contribution >= 0.6 is 0 Å². The lowest BCUT2D eigenvalue weighted by atomic mass is 9.98. The molecule has 25 heavy (non-hydrogen) atoms. The Morgan fingerprint density at radius 1 is 0.840 bits per heavy atom. The molecule has 2 heterocycles. The summed E-state index contributed by atoms with van der Waals surface area (Å²) in [6.07, 6.45) is 1.71. The summed E-state index contributed by atoms with van der Waals surface area (Å²) >= 11 is 0. The van der Waals surface area contributed by atoms with Crippen molar-refractivity contribution in [3.05, 3.63) is 72.4 Å². The van der Waals surface area contributed by atoms with Gasteiger partial charge in [-0.2, -0.15) is 4.98 Å². The van der Waals surface area contributed by atoms with Crippen LogP contribution in [0.4, 0.5) is 5.95 Å². The number of pyridine rings is 1. The number of nitrogen functional groups attached to an aromatic ring is 1. The summed E-state index contributed by atoms with van der Waals surface area (Å²) in [6, 6.07) is 20.3. The molecule has 5 heteroatoms. The normalized spacial score (nSPS) is 10.9. The highest BCUT2D eigenvalue weighted by atomic mass is 15.0. The number of nitrogens with zero attached hydrogens (tertiary/aromatic N) is 3. The van der Waals surface area contributed by atoms with E-state index in [1.807, 2.05) is 42.5 Å². The average molecular weight is 327 g/mol. The molecule has 4 rings (SSSR count). The number of benzene rings is 2. The van der Waals surface area contributed by atoms with Crippen molar-refractivity contribution in [1.29, 1.82) is 0 Å². The fourth-order valence-electron chi connectivity index (χ4n) is 2.83. The predicted molar refractivity (Wildman–Crippen MR) is 101 cm³/mol. The SMILES string of the molecule is NCc1ccc(-c2nc3nc(N)ncc3cc2-c2ccccc2)cc1. The largest absolute Gasteiger partial charge is 0.368 e. The molecule has 0 atom stereocenters. The Balaban J connectivity index is 1.98. The van der Waals surface area contributed by atoms with Crippen molar-refractivity contribution in [3.63, 3.8) is 0 Å². The highest BCUT2D eigenvalue weighted by Crippen LogP contribution is 2.33. The third-order valence-electron chi connectivity index (χ3n) is 4.14. The molecule has 0 amide bonds. The van der Waals surface area contributed by atoms with Crippen LogP contribution in [0.2, 0.25) is 0 Å². The number of nitrogens with two attached hydrogens (primary N) is 2. The Labute approximate surface area is 145 Å². The zero-order valence-corrected chi connectivity index (χ0v) is 13.6. The van der Waals surface area contributed by atoms with Crippen LogP contribution in [0.25, 0.3) is 33.4 Å². The lowest BCUT2D eigenvalue weighted by Crippen LogP contribution is -1.99. The molecule has 0 aliphatic rings. The molecule has 2 aromatic carbocycles. The van der Waals surface area contributed by atoms with E-state index in [-0.39, 0.29) is 5.95 Å². The highest BCUT2D eigenvalue weighted by molar-refractivity contribution is 5.90. The first-order chi connectivity index (χ1) is 12.2. The Morgan fingerprint density at radius 3 is 2.32 bits per heavy atom. The van der Waals surface area contributed by atoms with Gasteiger partial charge in [-0.05, 0) is 17.2 Å². The van der Waals surface area contributed by atoms with Gasteiger partial charge in [0.15, 0.2) is 5.65 Å². The molecule has 0 saturated heterocycles. The zero-order chi connectivity index (χ0) is 17.2. The maximum absolute atomic E-state index is 5.72. The van der Waals surface area contributed by atoms with Gasteiger partial charge in [-0.3, -0.25) is 0 Å². The van der Waals surface area contributed by atoms with Crippen molar-refractivity contribution in [3.8, 4) is 22.4 Å². The number of hydrogen-bond donors (Lipinski definition) is 2. The summed E-state index contributed by atoms with van der Waals surface area (Å²) in [5.74, 6) is 0.219. The van der Waals surface area contributed by atoms with Crippen LogP contribution in [-0.4, -0.2) is 15.0 Å². The Hall–Kier alpha value is -3.31. The van der Waals surface area contributed by atoms with Gasteiger partial charge in [0.1, 0.15) is 0 Å². The molecule has 0 fully saturated rings. The molecule has 0 radical (unpaired) electrons. The van der Waals surface area contributed by atoms with Crippen molar-refractivity contribution in [2.75, 3.05) is 5.73 Å². The van der Waals surface area contributed by atoms with Crippen LogP contribution in [0.5, 0.6) is 0 Å². The summed E-state index contributed by atoms with van der Waals surface area (Å²) in [5, 5.41) is 0.857. The molecule has 0 aliphatic carbocycles. The molecule has 0 saturated carbocycles. The lowest BCUT2D eigenvalue weighted by molar-refractivity contribution is 1.07. The number of hydrogen-bond acceptors (Lipinski definition) is 5. The minimum atomic E-state index is 0.219. The van der Waals surface area contributed by atoms with Gasteiger partial charge in [0.05, 0.1) is 5.69 Å². The summed E-state index contributed by atoms with van der Waals surface area (Å²) < 4.78 is 0. The van der Waals surface area contributed by atoms with Gasteiger partial charge in [0.2, 0.25) is 5.95 Å². The van der Waals surface area contributed by atoms with Crippen LogP contribution in [0.1, 0.15) is 5.56 Å². The minimum absolute atomic E-state index is 0.219. The van der Waals surface area contributed by atoms with Crippen molar-refractivity contribution in [2.24, 2.45) is 5.73 Å². The third-order valence-corrected chi connectivity index (χ3v) is 4.14. The van der Waals surface area contributed by atoms with Gasteiger partial charge in [-0.15, -0.1) is 0 Å². The molecule has 5 nitrogen and oxygen atoms in total. The maximum atomic E-state index is 5.72. The molecule has 4 aromatic rings. The highest BCUT2D eigenvalue weighted by Gasteiger charge is 2.12. The monoisotopic (exact) mass is 327 g/mol. The van der Waals surface area contributed by atoms with Crippen LogP contribution in [0.3, 0.4) is 0 Å². The van der Waals surface area contributed by atoms with E-state index in [1.54, 1.807) is 6.20 Å². The second kappa shape index (κ2) is 6.30. The topological polar surface area (TPSA) is 90.7 Å². The molecule has 122 valence electrons. The van der Waals surface area contributed by atoms with E-state index >= 15 is 0 Å². The number of rotatable bonds is 3. The third kappa shape index (κ3) is 2.93. The molecule has 0 spiro atoms. The molecular formula is C20H17N5. The van der Waals surface area contributed by atoms with Crippen LogP contribution in [0, 0.1) is 0 Å². The van der Waals surface area contributed by atoms with Crippen molar-refractivity contribution in [2.45, 2.75) is 6.54 Å². The smallest absolute Gasteiger partial charge is 0.222 e.